The van der Waals surface area contributed by atoms with Crippen LogP contribution < -0.4 is 5.32 Å². The van der Waals surface area contributed by atoms with Gasteiger partial charge in [-0.05, 0) is 32.7 Å². The van der Waals surface area contributed by atoms with Crippen molar-refractivity contribution in [2.45, 2.75) is 77.2 Å². The molecule has 1 saturated carbocycles. The SMILES string of the molecule is CCCNC(C)c1nc(C2CCCCCCC2)no1. The summed E-state index contributed by atoms with van der Waals surface area (Å²) >= 11 is 0. The van der Waals surface area contributed by atoms with Gasteiger partial charge in [0.05, 0.1) is 6.04 Å². The van der Waals surface area contributed by atoms with Gasteiger partial charge in [0.15, 0.2) is 5.82 Å². The van der Waals surface area contributed by atoms with Crippen LogP contribution in [0.2, 0.25) is 0 Å². The van der Waals surface area contributed by atoms with Crippen molar-refractivity contribution >= 4 is 0 Å². The second-order valence-corrected chi connectivity index (χ2v) is 5.71. The van der Waals surface area contributed by atoms with Gasteiger partial charge in [0.2, 0.25) is 5.89 Å². The molecule has 19 heavy (non-hydrogen) atoms. The fourth-order valence-electron chi connectivity index (χ4n) is 2.75. The lowest BCUT2D eigenvalue weighted by Gasteiger charge is -2.15. The first kappa shape index (κ1) is 14.5. The van der Waals surface area contributed by atoms with Crippen LogP contribution >= 0.6 is 0 Å². The lowest BCUT2D eigenvalue weighted by molar-refractivity contribution is 0.331. The molecule has 108 valence electrons. The first-order chi connectivity index (χ1) is 9.31. The summed E-state index contributed by atoms with van der Waals surface area (Å²) in [5, 5.41) is 7.61. The Kier molecular flexibility index (Phi) is 5.83. The van der Waals surface area contributed by atoms with E-state index in [1.165, 1.54) is 44.9 Å². The van der Waals surface area contributed by atoms with Crippen LogP contribution in [0.25, 0.3) is 0 Å². The van der Waals surface area contributed by atoms with Gasteiger partial charge in [0.25, 0.3) is 0 Å². The van der Waals surface area contributed by atoms with Gasteiger partial charge in [-0.3, -0.25) is 0 Å². The number of rotatable bonds is 5. The van der Waals surface area contributed by atoms with Crippen LogP contribution in [-0.2, 0) is 0 Å². The summed E-state index contributed by atoms with van der Waals surface area (Å²) < 4.78 is 5.43. The van der Waals surface area contributed by atoms with E-state index in [0.29, 0.717) is 5.92 Å². The van der Waals surface area contributed by atoms with Crippen molar-refractivity contribution in [1.29, 1.82) is 0 Å². The Morgan fingerprint density at radius 2 is 1.89 bits per heavy atom. The summed E-state index contributed by atoms with van der Waals surface area (Å²) in [6, 6.07) is 0.162. The number of hydrogen-bond donors (Lipinski definition) is 1. The molecule has 1 fully saturated rings. The van der Waals surface area contributed by atoms with Crippen LogP contribution in [0, 0.1) is 0 Å². The van der Waals surface area contributed by atoms with Crippen molar-refractivity contribution in [3.05, 3.63) is 11.7 Å². The summed E-state index contributed by atoms with van der Waals surface area (Å²) in [4.78, 5) is 4.62. The van der Waals surface area contributed by atoms with Gasteiger partial charge in [-0.15, -0.1) is 0 Å². The monoisotopic (exact) mass is 265 g/mol. The molecule has 4 nitrogen and oxygen atoms in total. The Hall–Kier alpha value is -0.900. The standard InChI is InChI=1S/C15H27N3O/c1-3-11-16-12(2)15-17-14(18-19-15)13-9-7-5-4-6-8-10-13/h12-13,16H,3-11H2,1-2H3. The Labute approximate surface area is 116 Å². The maximum absolute atomic E-state index is 5.43. The second kappa shape index (κ2) is 7.63. The molecule has 1 aliphatic carbocycles. The number of aromatic nitrogens is 2. The zero-order valence-corrected chi connectivity index (χ0v) is 12.3. The van der Waals surface area contributed by atoms with Crippen LogP contribution in [0.4, 0.5) is 0 Å². The number of hydrogen-bond acceptors (Lipinski definition) is 4. The van der Waals surface area contributed by atoms with E-state index in [9.17, 15) is 0 Å². The topological polar surface area (TPSA) is 51.0 Å². The van der Waals surface area contributed by atoms with Crippen LogP contribution in [0.15, 0.2) is 4.52 Å². The first-order valence-electron chi connectivity index (χ1n) is 7.88. The highest BCUT2D eigenvalue weighted by Gasteiger charge is 2.21. The Morgan fingerprint density at radius 3 is 2.58 bits per heavy atom. The van der Waals surface area contributed by atoms with Gasteiger partial charge >= 0.3 is 0 Å². The van der Waals surface area contributed by atoms with E-state index in [0.717, 1.165) is 24.7 Å². The van der Waals surface area contributed by atoms with Crippen molar-refractivity contribution in [3.8, 4) is 0 Å². The van der Waals surface area contributed by atoms with E-state index in [4.69, 9.17) is 4.52 Å². The summed E-state index contributed by atoms with van der Waals surface area (Å²) in [5.74, 6) is 2.18. The average molecular weight is 265 g/mol. The minimum atomic E-state index is 0.162. The van der Waals surface area contributed by atoms with Crippen LogP contribution in [0.5, 0.6) is 0 Å². The molecule has 0 bridgehead atoms. The highest BCUT2D eigenvalue weighted by atomic mass is 16.5. The molecule has 0 saturated heterocycles. The van der Waals surface area contributed by atoms with Crippen molar-refractivity contribution in [1.82, 2.24) is 15.5 Å². The summed E-state index contributed by atoms with van der Waals surface area (Å²) in [6.45, 7) is 5.24. The maximum atomic E-state index is 5.43. The lowest BCUT2D eigenvalue weighted by Crippen LogP contribution is -2.19. The van der Waals surface area contributed by atoms with Crippen LogP contribution in [-0.4, -0.2) is 16.7 Å². The minimum Gasteiger partial charge on any atom is -0.338 e. The molecule has 1 N–H and O–H groups in total. The van der Waals surface area contributed by atoms with E-state index in [2.05, 4.69) is 29.3 Å². The Balaban J connectivity index is 1.94. The molecule has 0 amide bonds. The Morgan fingerprint density at radius 1 is 1.21 bits per heavy atom. The molecule has 1 atom stereocenters. The normalized spacial score (nSPS) is 19.9. The highest BCUT2D eigenvalue weighted by Crippen LogP contribution is 2.29. The number of nitrogens with zero attached hydrogens (tertiary/aromatic N) is 2. The quantitative estimate of drug-likeness (QED) is 0.875. The smallest absolute Gasteiger partial charge is 0.243 e. The molecule has 4 heteroatoms. The third-order valence-electron chi connectivity index (χ3n) is 4.00. The molecule has 0 aromatic carbocycles. The van der Waals surface area contributed by atoms with Crippen molar-refractivity contribution in [3.63, 3.8) is 0 Å². The van der Waals surface area contributed by atoms with Crippen molar-refractivity contribution in [2.75, 3.05) is 6.54 Å². The fourth-order valence-corrected chi connectivity index (χ4v) is 2.75. The van der Waals surface area contributed by atoms with Gasteiger partial charge in [-0.25, -0.2) is 0 Å². The Bertz CT molecular complexity index is 356. The minimum absolute atomic E-state index is 0.162. The molecular formula is C15H27N3O. The van der Waals surface area contributed by atoms with Gasteiger partial charge in [0, 0.05) is 5.92 Å². The molecule has 1 heterocycles. The zero-order chi connectivity index (χ0) is 13.5. The third kappa shape index (κ3) is 4.30. The van der Waals surface area contributed by atoms with Gasteiger partial charge in [-0.2, -0.15) is 4.98 Å². The molecule has 0 spiro atoms. The van der Waals surface area contributed by atoms with Crippen LogP contribution in [0.1, 0.15) is 88.9 Å². The molecular weight excluding hydrogens is 238 g/mol. The molecule has 0 aliphatic heterocycles. The van der Waals surface area contributed by atoms with E-state index < -0.39 is 0 Å². The molecule has 1 aromatic rings. The predicted molar refractivity (Wildman–Crippen MR) is 76.1 cm³/mol. The first-order valence-corrected chi connectivity index (χ1v) is 7.88. The lowest BCUT2D eigenvalue weighted by atomic mass is 9.91. The third-order valence-corrected chi connectivity index (χ3v) is 4.00. The van der Waals surface area contributed by atoms with Gasteiger partial charge in [0.1, 0.15) is 0 Å². The maximum Gasteiger partial charge on any atom is 0.243 e. The molecule has 2 rings (SSSR count). The highest BCUT2D eigenvalue weighted by molar-refractivity contribution is 4.98. The second-order valence-electron chi connectivity index (χ2n) is 5.71. The van der Waals surface area contributed by atoms with Crippen LogP contribution in [0.3, 0.4) is 0 Å². The summed E-state index contributed by atoms with van der Waals surface area (Å²) in [5.41, 5.74) is 0. The van der Waals surface area contributed by atoms with E-state index in [1.54, 1.807) is 0 Å². The molecule has 0 radical (unpaired) electrons. The van der Waals surface area contributed by atoms with Gasteiger partial charge < -0.3 is 9.84 Å². The summed E-state index contributed by atoms with van der Waals surface area (Å²) in [7, 11) is 0. The molecule has 1 unspecified atom stereocenters. The van der Waals surface area contributed by atoms with Crippen molar-refractivity contribution < 1.29 is 4.52 Å². The zero-order valence-electron chi connectivity index (χ0n) is 12.3. The van der Waals surface area contributed by atoms with Crippen molar-refractivity contribution in [2.24, 2.45) is 0 Å². The average Bonchev–Trinajstić information content (AvgIpc) is 2.85. The summed E-state index contributed by atoms with van der Waals surface area (Å²) in [6.07, 6.45) is 10.3. The van der Waals surface area contributed by atoms with Gasteiger partial charge in [-0.1, -0.05) is 44.2 Å². The van der Waals surface area contributed by atoms with E-state index in [1.807, 2.05) is 0 Å². The van der Waals surface area contributed by atoms with E-state index >= 15 is 0 Å². The molecule has 1 aromatic heterocycles. The number of nitrogens with one attached hydrogen (secondary N) is 1. The largest absolute Gasteiger partial charge is 0.338 e. The van der Waals surface area contributed by atoms with E-state index in [-0.39, 0.29) is 6.04 Å². The predicted octanol–water partition coefficient (Wildman–Crippen LogP) is 3.96. The molecule has 1 aliphatic rings. The fraction of sp³-hybridized carbons (Fsp3) is 0.867.